The monoisotopic (exact) mass is 451 g/mol. The van der Waals surface area contributed by atoms with Gasteiger partial charge in [0.25, 0.3) is 0 Å². The number of halogens is 2. The number of nitrogens with zero attached hydrogens (tertiary/aromatic N) is 1. The van der Waals surface area contributed by atoms with E-state index in [0.29, 0.717) is 0 Å². The van der Waals surface area contributed by atoms with Crippen LogP contribution in [0.3, 0.4) is 0 Å². The number of ether oxygens (including phenoxy) is 1. The summed E-state index contributed by atoms with van der Waals surface area (Å²) < 4.78 is 20.0. The van der Waals surface area contributed by atoms with Crippen LogP contribution in [-0.2, 0) is 10.3 Å². The van der Waals surface area contributed by atoms with E-state index in [-0.39, 0.29) is 49.0 Å². The van der Waals surface area contributed by atoms with Gasteiger partial charge in [0, 0.05) is 29.6 Å². The maximum atomic E-state index is 14.3. The summed E-state index contributed by atoms with van der Waals surface area (Å²) in [6, 6.07) is 20.7. The largest absolute Gasteiger partial charge is 0.448 e. The van der Waals surface area contributed by atoms with Gasteiger partial charge >= 0.3 is 6.09 Å². The van der Waals surface area contributed by atoms with Gasteiger partial charge in [-0.15, -0.1) is 0 Å². The molecule has 0 atom stereocenters. The molecule has 3 aromatic carbocycles. The number of hydrogen-bond acceptors (Lipinski definition) is 3. The average molecular weight is 452 g/mol. The molecule has 164 valence electrons. The van der Waals surface area contributed by atoms with Gasteiger partial charge < -0.3 is 14.7 Å². The van der Waals surface area contributed by atoms with Crippen molar-refractivity contribution in [3.8, 4) is 11.1 Å². The van der Waals surface area contributed by atoms with Crippen LogP contribution in [0.15, 0.2) is 66.7 Å². The predicted molar refractivity (Wildman–Crippen MR) is 121 cm³/mol. The zero-order chi connectivity index (χ0) is 22.3. The summed E-state index contributed by atoms with van der Waals surface area (Å²) in [6.07, 6.45) is 0.0522. The van der Waals surface area contributed by atoms with Gasteiger partial charge in [-0.1, -0.05) is 66.2 Å². The van der Waals surface area contributed by atoms with Gasteiger partial charge in [-0.25, -0.2) is 9.18 Å². The number of aliphatic hydroxyl groups is 1. The van der Waals surface area contributed by atoms with E-state index in [0.717, 1.165) is 11.1 Å². The van der Waals surface area contributed by atoms with Crippen LogP contribution in [0.4, 0.5) is 9.18 Å². The lowest BCUT2D eigenvalue weighted by Gasteiger charge is -2.38. The topological polar surface area (TPSA) is 49.8 Å². The number of carbonyl (C=O) groups is 1. The molecule has 0 aromatic heterocycles. The number of benzene rings is 3. The van der Waals surface area contributed by atoms with E-state index in [1.807, 2.05) is 24.3 Å². The van der Waals surface area contributed by atoms with Crippen molar-refractivity contribution in [3.05, 3.63) is 94.3 Å². The highest BCUT2D eigenvalue weighted by molar-refractivity contribution is 6.30. The molecule has 1 N–H and O–H groups in total. The van der Waals surface area contributed by atoms with Gasteiger partial charge in [-0.2, -0.15) is 0 Å². The minimum atomic E-state index is -1.32. The first kappa shape index (κ1) is 21.0. The molecule has 1 heterocycles. The van der Waals surface area contributed by atoms with Crippen molar-refractivity contribution in [1.82, 2.24) is 4.90 Å². The molecule has 0 bridgehead atoms. The molecule has 1 aliphatic carbocycles. The van der Waals surface area contributed by atoms with Crippen LogP contribution in [0.25, 0.3) is 11.1 Å². The van der Waals surface area contributed by atoms with Crippen LogP contribution >= 0.6 is 11.6 Å². The minimum Gasteiger partial charge on any atom is -0.448 e. The summed E-state index contributed by atoms with van der Waals surface area (Å²) in [5.41, 5.74) is 3.57. The van der Waals surface area contributed by atoms with E-state index in [1.165, 1.54) is 23.3 Å². The Hall–Kier alpha value is -2.89. The van der Waals surface area contributed by atoms with Crippen LogP contribution < -0.4 is 0 Å². The van der Waals surface area contributed by atoms with Gasteiger partial charge in [-0.3, -0.25) is 0 Å². The quantitative estimate of drug-likeness (QED) is 0.554. The molecule has 1 aliphatic heterocycles. The second-order valence-corrected chi connectivity index (χ2v) is 8.88. The van der Waals surface area contributed by atoms with E-state index in [9.17, 15) is 14.3 Å². The van der Waals surface area contributed by atoms with Gasteiger partial charge in [0.1, 0.15) is 12.4 Å². The third kappa shape index (κ3) is 3.65. The van der Waals surface area contributed by atoms with Crippen molar-refractivity contribution in [2.24, 2.45) is 0 Å². The highest BCUT2D eigenvalue weighted by Gasteiger charge is 2.38. The van der Waals surface area contributed by atoms with Crippen molar-refractivity contribution in [2.75, 3.05) is 19.7 Å². The SMILES string of the molecule is O=C(OCC1c2ccccc2-c2ccccc21)N1CCC(O)(c2ccc(Cl)cc2F)CC1. The number of hydrogen-bond donors (Lipinski definition) is 1. The molecule has 0 saturated carbocycles. The summed E-state index contributed by atoms with van der Waals surface area (Å²) in [7, 11) is 0. The highest BCUT2D eigenvalue weighted by atomic mass is 35.5. The number of piperidine rings is 1. The third-order valence-electron chi connectivity index (χ3n) is 6.62. The lowest BCUT2D eigenvalue weighted by atomic mass is 9.84. The Morgan fingerprint density at radius 1 is 1.03 bits per heavy atom. The fourth-order valence-electron chi connectivity index (χ4n) is 4.88. The molecule has 6 heteroatoms. The first-order chi connectivity index (χ1) is 15.5. The fraction of sp³-hybridized carbons (Fsp3) is 0.269. The second kappa shape index (κ2) is 8.23. The molecule has 0 spiro atoms. The second-order valence-electron chi connectivity index (χ2n) is 8.45. The molecular formula is C26H23ClFNO3. The lowest BCUT2D eigenvalue weighted by Crippen LogP contribution is -2.45. The maximum Gasteiger partial charge on any atom is 0.409 e. The molecule has 1 saturated heterocycles. The first-order valence-corrected chi connectivity index (χ1v) is 11.1. The van der Waals surface area contributed by atoms with E-state index in [2.05, 4.69) is 24.3 Å². The standard InChI is InChI=1S/C26H23ClFNO3/c27-17-9-10-23(24(28)15-17)26(31)11-13-29(14-12-26)25(30)32-16-22-20-7-3-1-5-18(20)19-6-2-4-8-21(19)22/h1-10,15,22,31H,11-14,16H2. The molecule has 5 rings (SSSR count). The maximum absolute atomic E-state index is 14.3. The fourth-order valence-corrected chi connectivity index (χ4v) is 5.04. The lowest BCUT2D eigenvalue weighted by molar-refractivity contribution is -0.0273. The molecule has 3 aromatic rings. The van der Waals surface area contributed by atoms with E-state index in [4.69, 9.17) is 16.3 Å². The third-order valence-corrected chi connectivity index (χ3v) is 6.85. The van der Waals surface area contributed by atoms with Crippen LogP contribution in [0, 0.1) is 5.82 Å². The number of fused-ring (bicyclic) bond motifs is 3. The van der Waals surface area contributed by atoms with Gasteiger partial charge in [0.15, 0.2) is 0 Å². The van der Waals surface area contributed by atoms with Crippen molar-refractivity contribution in [1.29, 1.82) is 0 Å². The van der Waals surface area contributed by atoms with Crippen LogP contribution in [-0.4, -0.2) is 35.8 Å². The molecular weight excluding hydrogens is 429 g/mol. The summed E-state index contributed by atoms with van der Waals surface area (Å²) in [5, 5.41) is 11.3. The Kier molecular flexibility index (Phi) is 5.39. The smallest absolute Gasteiger partial charge is 0.409 e. The average Bonchev–Trinajstić information content (AvgIpc) is 3.11. The molecule has 0 radical (unpaired) electrons. The van der Waals surface area contributed by atoms with Gasteiger partial charge in [0.2, 0.25) is 0 Å². The van der Waals surface area contributed by atoms with Crippen LogP contribution in [0.1, 0.15) is 35.4 Å². The summed E-state index contributed by atoms with van der Waals surface area (Å²) in [5.74, 6) is -0.536. The summed E-state index contributed by atoms with van der Waals surface area (Å²) in [6.45, 7) is 0.823. The van der Waals surface area contributed by atoms with Gasteiger partial charge in [-0.05, 0) is 47.2 Å². The Morgan fingerprint density at radius 2 is 1.62 bits per heavy atom. The predicted octanol–water partition coefficient (Wildman–Crippen LogP) is 5.71. The Morgan fingerprint density at radius 3 is 2.22 bits per heavy atom. The van der Waals surface area contributed by atoms with Gasteiger partial charge in [0.05, 0.1) is 5.60 Å². The molecule has 1 fully saturated rings. The molecule has 1 amide bonds. The first-order valence-electron chi connectivity index (χ1n) is 10.7. The summed E-state index contributed by atoms with van der Waals surface area (Å²) >= 11 is 5.83. The zero-order valence-corrected chi connectivity index (χ0v) is 18.2. The number of likely N-dealkylation sites (tertiary alicyclic amines) is 1. The van der Waals surface area contributed by atoms with Crippen molar-refractivity contribution >= 4 is 17.7 Å². The zero-order valence-electron chi connectivity index (χ0n) is 17.4. The van der Waals surface area contributed by atoms with Crippen molar-refractivity contribution in [3.63, 3.8) is 0 Å². The number of amides is 1. The van der Waals surface area contributed by atoms with E-state index in [1.54, 1.807) is 11.0 Å². The Labute approximate surface area is 191 Å². The molecule has 2 aliphatic rings. The molecule has 0 unspecified atom stereocenters. The van der Waals surface area contributed by atoms with Crippen LogP contribution in [0.5, 0.6) is 0 Å². The minimum absolute atomic E-state index is 0.00348. The Balaban J connectivity index is 1.25. The molecule has 32 heavy (non-hydrogen) atoms. The number of rotatable bonds is 3. The van der Waals surface area contributed by atoms with Crippen molar-refractivity contribution < 1.29 is 19.0 Å². The summed E-state index contributed by atoms with van der Waals surface area (Å²) in [4.78, 5) is 14.3. The molecule has 4 nitrogen and oxygen atoms in total. The van der Waals surface area contributed by atoms with Crippen LogP contribution in [0.2, 0.25) is 5.02 Å². The number of carbonyl (C=O) groups excluding carboxylic acids is 1. The van der Waals surface area contributed by atoms with E-state index >= 15 is 0 Å². The Bertz CT molecular complexity index is 1130. The normalized spacial score (nSPS) is 17.0. The highest BCUT2D eigenvalue weighted by Crippen LogP contribution is 2.44. The van der Waals surface area contributed by atoms with Crippen molar-refractivity contribution in [2.45, 2.75) is 24.4 Å². The van der Waals surface area contributed by atoms with E-state index < -0.39 is 17.5 Å².